The first-order valence-corrected chi connectivity index (χ1v) is 5.63. The van der Waals surface area contributed by atoms with Crippen LogP contribution in [-0.4, -0.2) is 23.8 Å². The van der Waals surface area contributed by atoms with Crippen LogP contribution in [0.2, 0.25) is 5.02 Å². The second kappa shape index (κ2) is 6.11. The molecular formula is C12H18ClNO. The smallest absolute Gasteiger partial charge is 0.0662 e. The van der Waals surface area contributed by atoms with Gasteiger partial charge in [0.15, 0.2) is 0 Å². The largest absolute Gasteiger partial charge is 0.392 e. The number of halogens is 1. The monoisotopic (exact) mass is 227 g/mol. The Hall–Kier alpha value is -0.570. The fraction of sp³-hybridized carbons (Fsp3) is 0.500. The van der Waals surface area contributed by atoms with Crippen LogP contribution in [0.4, 0.5) is 0 Å². The molecule has 1 aromatic carbocycles. The average Bonchev–Trinajstić information content (AvgIpc) is 2.20. The third kappa shape index (κ3) is 4.65. The molecule has 0 amide bonds. The van der Waals surface area contributed by atoms with Crippen molar-refractivity contribution in [3.63, 3.8) is 0 Å². The number of aliphatic hydroxyl groups excluding tert-OH is 1. The van der Waals surface area contributed by atoms with Crippen LogP contribution in [0.1, 0.15) is 19.4 Å². The molecule has 2 nitrogen and oxygen atoms in total. The van der Waals surface area contributed by atoms with Crippen molar-refractivity contribution < 1.29 is 5.11 Å². The van der Waals surface area contributed by atoms with Gasteiger partial charge in [-0.1, -0.05) is 23.7 Å². The highest BCUT2D eigenvalue weighted by molar-refractivity contribution is 6.30. The van der Waals surface area contributed by atoms with Gasteiger partial charge in [0, 0.05) is 11.1 Å². The first kappa shape index (κ1) is 12.5. The Kier molecular flexibility index (Phi) is 5.09. The van der Waals surface area contributed by atoms with Gasteiger partial charge in [-0.3, -0.25) is 0 Å². The van der Waals surface area contributed by atoms with Gasteiger partial charge >= 0.3 is 0 Å². The summed E-state index contributed by atoms with van der Waals surface area (Å²) in [5.74, 6) is 0. The third-order valence-electron chi connectivity index (χ3n) is 2.52. The van der Waals surface area contributed by atoms with Crippen LogP contribution >= 0.6 is 11.6 Å². The van der Waals surface area contributed by atoms with Crippen LogP contribution in [-0.2, 0) is 6.42 Å². The highest BCUT2D eigenvalue weighted by Crippen LogP contribution is 2.09. The van der Waals surface area contributed by atoms with Crippen LogP contribution in [0.5, 0.6) is 0 Å². The molecule has 1 aromatic rings. The van der Waals surface area contributed by atoms with E-state index in [1.54, 1.807) is 6.92 Å². The predicted molar refractivity (Wildman–Crippen MR) is 64.3 cm³/mol. The lowest BCUT2D eigenvalue weighted by molar-refractivity contribution is 0.153. The van der Waals surface area contributed by atoms with Crippen molar-refractivity contribution in [3.05, 3.63) is 34.9 Å². The minimum absolute atomic E-state index is 0.136. The molecule has 0 aliphatic carbocycles. The quantitative estimate of drug-likeness (QED) is 0.809. The maximum atomic E-state index is 9.27. The Morgan fingerprint density at radius 2 is 1.87 bits per heavy atom. The number of hydrogen-bond acceptors (Lipinski definition) is 2. The van der Waals surface area contributed by atoms with Gasteiger partial charge in [0.2, 0.25) is 0 Å². The molecular weight excluding hydrogens is 210 g/mol. The van der Waals surface area contributed by atoms with Crippen molar-refractivity contribution in [2.45, 2.75) is 32.4 Å². The zero-order chi connectivity index (χ0) is 11.3. The van der Waals surface area contributed by atoms with Crippen LogP contribution in [0.3, 0.4) is 0 Å². The van der Waals surface area contributed by atoms with Gasteiger partial charge < -0.3 is 10.4 Å². The van der Waals surface area contributed by atoms with Crippen molar-refractivity contribution in [3.8, 4) is 0 Å². The number of hydrogen-bond donors (Lipinski definition) is 2. The van der Waals surface area contributed by atoms with Gasteiger partial charge in [0.05, 0.1) is 6.10 Å². The fourth-order valence-corrected chi connectivity index (χ4v) is 1.39. The summed E-state index contributed by atoms with van der Waals surface area (Å²) in [5, 5.41) is 13.3. The lowest BCUT2D eigenvalue weighted by Gasteiger charge is -2.16. The molecule has 0 bridgehead atoms. The summed E-state index contributed by atoms with van der Waals surface area (Å²) in [4.78, 5) is 0. The molecule has 0 heterocycles. The van der Waals surface area contributed by atoms with E-state index in [1.165, 1.54) is 5.56 Å². The minimum Gasteiger partial charge on any atom is -0.392 e. The summed E-state index contributed by atoms with van der Waals surface area (Å²) >= 11 is 5.79. The van der Waals surface area contributed by atoms with E-state index in [0.717, 1.165) is 18.0 Å². The van der Waals surface area contributed by atoms with E-state index in [2.05, 4.69) is 5.32 Å². The van der Waals surface area contributed by atoms with Crippen molar-refractivity contribution in [2.24, 2.45) is 0 Å². The Morgan fingerprint density at radius 3 is 2.40 bits per heavy atom. The molecule has 84 valence electrons. The Bertz CT molecular complexity index is 284. The molecule has 0 aliphatic rings. The van der Waals surface area contributed by atoms with E-state index in [9.17, 15) is 5.11 Å². The second-order valence-corrected chi connectivity index (χ2v) is 4.30. The molecule has 0 radical (unpaired) electrons. The topological polar surface area (TPSA) is 32.3 Å². The molecule has 0 saturated carbocycles. The van der Waals surface area contributed by atoms with Crippen LogP contribution in [0.25, 0.3) is 0 Å². The number of aliphatic hydroxyl groups is 1. The molecule has 3 heteroatoms. The van der Waals surface area contributed by atoms with E-state index in [4.69, 9.17) is 11.6 Å². The lowest BCUT2D eigenvalue weighted by atomic mass is 10.1. The van der Waals surface area contributed by atoms with Gasteiger partial charge in [-0.05, 0) is 44.5 Å². The van der Waals surface area contributed by atoms with Crippen molar-refractivity contribution in [2.75, 3.05) is 6.54 Å². The number of nitrogens with one attached hydrogen (secondary N) is 1. The summed E-state index contributed by atoms with van der Waals surface area (Å²) in [6.07, 6.45) is 0.643. The van der Waals surface area contributed by atoms with Crippen LogP contribution in [0.15, 0.2) is 24.3 Å². The highest BCUT2D eigenvalue weighted by atomic mass is 35.5. The van der Waals surface area contributed by atoms with E-state index >= 15 is 0 Å². The van der Waals surface area contributed by atoms with Crippen LogP contribution in [0, 0.1) is 0 Å². The zero-order valence-electron chi connectivity index (χ0n) is 9.20. The molecule has 0 spiro atoms. The van der Waals surface area contributed by atoms with Gasteiger partial charge in [0.25, 0.3) is 0 Å². The normalized spacial score (nSPS) is 14.9. The first-order chi connectivity index (χ1) is 7.09. The molecule has 2 unspecified atom stereocenters. The highest BCUT2D eigenvalue weighted by Gasteiger charge is 2.06. The summed E-state index contributed by atoms with van der Waals surface area (Å²) < 4.78 is 0. The first-order valence-electron chi connectivity index (χ1n) is 5.25. The van der Waals surface area contributed by atoms with E-state index in [1.807, 2.05) is 31.2 Å². The van der Waals surface area contributed by atoms with Crippen molar-refractivity contribution in [1.82, 2.24) is 5.32 Å². The third-order valence-corrected chi connectivity index (χ3v) is 2.77. The average molecular weight is 228 g/mol. The predicted octanol–water partition coefficient (Wildman–Crippen LogP) is 2.24. The fourth-order valence-electron chi connectivity index (χ4n) is 1.27. The zero-order valence-corrected chi connectivity index (χ0v) is 9.96. The number of benzene rings is 1. The lowest BCUT2D eigenvalue weighted by Crippen LogP contribution is -2.36. The summed E-state index contributed by atoms with van der Waals surface area (Å²) in [7, 11) is 0. The number of rotatable bonds is 5. The van der Waals surface area contributed by atoms with Crippen molar-refractivity contribution >= 4 is 11.6 Å². The molecule has 2 atom stereocenters. The van der Waals surface area contributed by atoms with Gasteiger partial charge in [-0.25, -0.2) is 0 Å². The molecule has 0 fully saturated rings. The van der Waals surface area contributed by atoms with E-state index < -0.39 is 0 Å². The van der Waals surface area contributed by atoms with Gasteiger partial charge in [0.1, 0.15) is 0 Å². The molecule has 0 saturated heterocycles. The summed E-state index contributed by atoms with van der Waals surface area (Å²) in [6.45, 7) is 4.64. The molecule has 0 aromatic heterocycles. The summed E-state index contributed by atoms with van der Waals surface area (Å²) in [5.41, 5.74) is 1.25. The van der Waals surface area contributed by atoms with E-state index in [-0.39, 0.29) is 12.1 Å². The van der Waals surface area contributed by atoms with Gasteiger partial charge in [-0.2, -0.15) is 0 Å². The second-order valence-electron chi connectivity index (χ2n) is 3.86. The van der Waals surface area contributed by atoms with Crippen LogP contribution < -0.4 is 5.32 Å². The SMILES string of the molecule is CC(O)C(C)NCCc1ccc(Cl)cc1. The Labute approximate surface area is 96.3 Å². The molecule has 2 N–H and O–H groups in total. The molecule has 0 aliphatic heterocycles. The standard InChI is InChI=1S/C12H18ClNO/c1-9(10(2)15)14-8-7-11-3-5-12(13)6-4-11/h3-6,9-10,14-15H,7-8H2,1-2H3. The Morgan fingerprint density at radius 1 is 1.27 bits per heavy atom. The molecule has 15 heavy (non-hydrogen) atoms. The minimum atomic E-state index is -0.310. The molecule has 1 rings (SSSR count). The van der Waals surface area contributed by atoms with Gasteiger partial charge in [-0.15, -0.1) is 0 Å². The maximum Gasteiger partial charge on any atom is 0.0662 e. The summed E-state index contributed by atoms with van der Waals surface area (Å²) in [6, 6.07) is 7.98. The van der Waals surface area contributed by atoms with E-state index in [0.29, 0.717) is 0 Å². The maximum absolute atomic E-state index is 9.27. The Balaban J connectivity index is 2.29. The van der Waals surface area contributed by atoms with Crippen molar-refractivity contribution in [1.29, 1.82) is 0 Å².